The molecule has 0 heterocycles. The van der Waals surface area contributed by atoms with Crippen LogP contribution in [0.5, 0.6) is 5.75 Å². The third-order valence-electron chi connectivity index (χ3n) is 3.22. The van der Waals surface area contributed by atoms with Crippen LogP contribution in [0, 0.1) is 5.82 Å². The summed E-state index contributed by atoms with van der Waals surface area (Å²) in [4.78, 5) is 24.1. The Hall–Kier alpha value is -2.31. The normalized spacial score (nSPS) is 11.6. The summed E-state index contributed by atoms with van der Waals surface area (Å²) < 4.78 is 23.6. The lowest BCUT2D eigenvalue weighted by Crippen LogP contribution is -2.30. The van der Waals surface area contributed by atoms with Crippen LogP contribution < -0.4 is 10.1 Å². The number of carbonyl (C=O) groups excluding carboxylic acids is 2. The van der Waals surface area contributed by atoms with Crippen LogP contribution in [0.2, 0.25) is 10.0 Å². The van der Waals surface area contributed by atoms with Crippen LogP contribution in [0.15, 0.2) is 36.4 Å². The molecule has 1 amide bonds. The van der Waals surface area contributed by atoms with E-state index in [0.717, 1.165) is 12.1 Å². The molecule has 0 spiro atoms. The van der Waals surface area contributed by atoms with Gasteiger partial charge in [-0.05, 0) is 43.3 Å². The topological polar surface area (TPSA) is 64.6 Å². The van der Waals surface area contributed by atoms with Crippen molar-refractivity contribution in [2.24, 2.45) is 0 Å². The van der Waals surface area contributed by atoms with Crippen LogP contribution in [-0.2, 0) is 9.53 Å². The van der Waals surface area contributed by atoms with Gasteiger partial charge in [0.15, 0.2) is 6.10 Å². The molecular weight excluding hydrogens is 372 g/mol. The molecule has 0 aliphatic rings. The van der Waals surface area contributed by atoms with Crippen molar-refractivity contribution in [1.82, 2.24) is 0 Å². The number of nitrogens with one attached hydrogen (secondary N) is 1. The van der Waals surface area contributed by atoms with Gasteiger partial charge in [0.1, 0.15) is 11.6 Å². The number of carbonyl (C=O) groups is 2. The molecule has 0 saturated heterocycles. The zero-order valence-corrected chi connectivity index (χ0v) is 14.8. The highest BCUT2D eigenvalue weighted by molar-refractivity contribution is 6.32. The number of amides is 1. The monoisotopic (exact) mass is 385 g/mol. The second kappa shape index (κ2) is 8.18. The number of halogens is 3. The SMILES string of the molecule is COc1ccc(NC(=O)[C@H](C)OC(=O)c2cc(Cl)ccc2F)cc1Cl. The molecule has 2 aromatic rings. The Morgan fingerprint density at radius 2 is 1.88 bits per heavy atom. The number of methoxy groups -OCH3 is 1. The van der Waals surface area contributed by atoms with Crippen molar-refractivity contribution in [1.29, 1.82) is 0 Å². The van der Waals surface area contributed by atoms with E-state index >= 15 is 0 Å². The first-order chi connectivity index (χ1) is 11.8. The van der Waals surface area contributed by atoms with Gasteiger partial charge in [-0.25, -0.2) is 9.18 Å². The van der Waals surface area contributed by atoms with E-state index in [0.29, 0.717) is 16.5 Å². The van der Waals surface area contributed by atoms with Crippen molar-refractivity contribution < 1.29 is 23.5 Å². The van der Waals surface area contributed by atoms with E-state index in [9.17, 15) is 14.0 Å². The molecule has 8 heteroatoms. The molecule has 0 saturated carbocycles. The number of anilines is 1. The molecular formula is C17H14Cl2FNO4. The molecule has 2 aromatic carbocycles. The van der Waals surface area contributed by atoms with Crippen molar-refractivity contribution in [3.8, 4) is 5.75 Å². The van der Waals surface area contributed by atoms with Gasteiger partial charge in [0.2, 0.25) is 0 Å². The Morgan fingerprint density at radius 3 is 2.52 bits per heavy atom. The summed E-state index contributed by atoms with van der Waals surface area (Å²) in [6.07, 6.45) is -1.16. The third kappa shape index (κ3) is 4.84. The Morgan fingerprint density at radius 1 is 1.16 bits per heavy atom. The van der Waals surface area contributed by atoms with Gasteiger partial charge in [0, 0.05) is 10.7 Å². The van der Waals surface area contributed by atoms with Gasteiger partial charge in [-0.3, -0.25) is 4.79 Å². The molecule has 0 bridgehead atoms. The van der Waals surface area contributed by atoms with Gasteiger partial charge in [-0.2, -0.15) is 0 Å². The van der Waals surface area contributed by atoms with Crippen molar-refractivity contribution in [2.75, 3.05) is 12.4 Å². The Labute approximate surface area is 153 Å². The van der Waals surface area contributed by atoms with E-state index in [4.69, 9.17) is 32.7 Å². The molecule has 25 heavy (non-hydrogen) atoms. The molecule has 132 valence electrons. The maximum Gasteiger partial charge on any atom is 0.341 e. The fourth-order valence-electron chi connectivity index (χ4n) is 1.92. The lowest BCUT2D eigenvalue weighted by atomic mass is 10.2. The van der Waals surface area contributed by atoms with Gasteiger partial charge in [-0.1, -0.05) is 23.2 Å². The Kier molecular flexibility index (Phi) is 6.22. The molecule has 1 N–H and O–H groups in total. The molecule has 0 radical (unpaired) electrons. The van der Waals surface area contributed by atoms with E-state index < -0.39 is 23.8 Å². The first kappa shape index (κ1) is 19.0. The van der Waals surface area contributed by atoms with Crippen molar-refractivity contribution >= 4 is 40.8 Å². The summed E-state index contributed by atoms with van der Waals surface area (Å²) in [6, 6.07) is 8.13. The minimum absolute atomic E-state index is 0.179. The van der Waals surface area contributed by atoms with E-state index in [1.807, 2.05) is 0 Å². The van der Waals surface area contributed by atoms with Crippen LogP contribution in [0.1, 0.15) is 17.3 Å². The minimum atomic E-state index is -1.16. The van der Waals surface area contributed by atoms with Gasteiger partial charge < -0.3 is 14.8 Å². The maximum atomic E-state index is 13.6. The average Bonchev–Trinajstić information content (AvgIpc) is 2.57. The van der Waals surface area contributed by atoms with Crippen molar-refractivity contribution in [3.05, 3.63) is 57.8 Å². The highest BCUT2D eigenvalue weighted by Crippen LogP contribution is 2.27. The highest BCUT2D eigenvalue weighted by Gasteiger charge is 2.21. The average molecular weight is 386 g/mol. The zero-order valence-electron chi connectivity index (χ0n) is 13.3. The zero-order chi connectivity index (χ0) is 18.6. The fraction of sp³-hybridized carbons (Fsp3) is 0.176. The number of rotatable bonds is 5. The van der Waals surface area contributed by atoms with Crippen LogP contribution in [0.3, 0.4) is 0 Å². The third-order valence-corrected chi connectivity index (χ3v) is 3.75. The van der Waals surface area contributed by atoms with Crippen LogP contribution in [-0.4, -0.2) is 25.1 Å². The molecule has 0 aliphatic carbocycles. The highest BCUT2D eigenvalue weighted by atomic mass is 35.5. The molecule has 5 nitrogen and oxygen atoms in total. The number of benzene rings is 2. The Bertz CT molecular complexity index is 813. The van der Waals surface area contributed by atoms with E-state index in [2.05, 4.69) is 5.32 Å². The van der Waals surface area contributed by atoms with Crippen LogP contribution in [0.25, 0.3) is 0 Å². The summed E-state index contributed by atoms with van der Waals surface area (Å²) >= 11 is 11.7. The first-order valence-corrected chi connectivity index (χ1v) is 7.88. The van der Waals surface area contributed by atoms with E-state index in [1.165, 1.54) is 26.2 Å². The smallest absolute Gasteiger partial charge is 0.341 e. The minimum Gasteiger partial charge on any atom is -0.495 e. The quantitative estimate of drug-likeness (QED) is 0.778. The summed E-state index contributed by atoms with van der Waals surface area (Å²) in [5, 5.41) is 3.03. The second-order valence-electron chi connectivity index (χ2n) is 5.01. The fourth-order valence-corrected chi connectivity index (χ4v) is 2.35. The molecule has 2 rings (SSSR count). The van der Waals surface area contributed by atoms with Gasteiger partial charge >= 0.3 is 5.97 Å². The standard InChI is InChI=1S/C17H14Cl2FNO4/c1-9(25-17(23)12-7-10(18)3-5-14(12)20)16(22)21-11-4-6-15(24-2)13(19)8-11/h3-9H,1-2H3,(H,21,22)/t9-/m0/s1. The van der Waals surface area contributed by atoms with Crippen molar-refractivity contribution in [2.45, 2.75) is 13.0 Å². The van der Waals surface area contributed by atoms with Gasteiger partial charge in [0.25, 0.3) is 5.91 Å². The predicted octanol–water partition coefficient (Wildman–Crippen LogP) is 4.33. The summed E-state index contributed by atoms with van der Waals surface area (Å²) in [7, 11) is 1.47. The largest absolute Gasteiger partial charge is 0.495 e. The summed E-state index contributed by atoms with van der Waals surface area (Å²) in [5.41, 5.74) is 0.0484. The number of ether oxygens (including phenoxy) is 2. The summed E-state index contributed by atoms with van der Waals surface area (Å²) in [5.74, 6) is -1.92. The van der Waals surface area contributed by atoms with E-state index in [-0.39, 0.29) is 10.6 Å². The second-order valence-corrected chi connectivity index (χ2v) is 5.85. The molecule has 0 unspecified atom stereocenters. The van der Waals surface area contributed by atoms with E-state index in [1.54, 1.807) is 12.1 Å². The molecule has 0 fully saturated rings. The molecule has 1 atom stereocenters. The maximum absolute atomic E-state index is 13.6. The summed E-state index contributed by atoms with van der Waals surface area (Å²) in [6.45, 7) is 1.36. The number of hydrogen-bond donors (Lipinski definition) is 1. The first-order valence-electron chi connectivity index (χ1n) is 7.12. The van der Waals surface area contributed by atoms with Crippen LogP contribution in [0.4, 0.5) is 10.1 Å². The van der Waals surface area contributed by atoms with Crippen molar-refractivity contribution in [3.63, 3.8) is 0 Å². The Balaban J connectivity index is 2.03. The number of hydrogen-bond acceptors (Lipinski definition) is 4. The predicted molar refractivity (Wildman–Crippen MR) is 92.9 cm³/mol. The molecule has 0 aromatic heterocycles. The lowest BCUT2D eigenvalue weighted by Gasteiger charge is -2.14. The number of esters is 1. The molecule has 0 aliphatic heterocycles. The van der Waals surface area contributed by atoms with Crippen LogP contribution >= 0.6 is 23.2 Å². The van der Waals surface area contributed by atoms with Gasteiger partial charge in [0.05, 0.1) is 17.7 Å². The van der Waals surface area contributed by atoms with Gasteiger partial charge in [-0.15, -0.1) is 0 Å². The lowest BCUT2D eigenvalue weighted by molar-refractivity contribution is -0.123.